The maximum atomic E-state index is 12.4. The molecule has 4 heteroatoms. The Morgan fingerprint density at radius 1 is 1.39 bits per heavy atom. The summed E-state index contributed by atoms with van der Waals surface area (Å²) in [6.07, 6.45) is 4.12. The minimum atomic E-state index is 0.115. The molecule has 0 radical (unpaired) electrons. The first-order valence-corrected chi connectivity index (χ1v) is 7.45. The van der Waals surface area contributed by atoms with E-state index in [4.69, 9.17) is 18.0 Å². The lowest BCUT2D eigenvalue weighted by molar-refractivity contribution is -0.132. The van der Waals surface area contributed by atoms with Crippen LogP contribution in [0.5, 0.6) is 0 Å². The molecule has 0 saturated heterocycles. The van der Waals surface area contributed by atoms with Crippen molar-refractivity contribution >= 4 is 23.1 Å². The molecule has 3 aliphatic rings. The topological polar surface area (TPSA) is 46.3 Å². The Bertz CT molecular complexity index is 381. The van der Waals surface area contributed by atoms with Crippen LogP contribution < -0.4 is 5.73 Å². The van der Waals surface area contributed by atoms with Gasteiger partial charge in [-0.25, -0.2) is 0 Å². The van der Waals surface area contributed by atoms with Crippen molar-refractivity contribution < 1.29 is 4.79 Å². The number of nitrogens with zero attached hydrogens (tertiary/aromatic N) is 1. The number of nitrogens with two attached hydrogens (primary N) is 1. The fourth-order valence-electron chi connectivity index (χ4n) is 4.50. The maximum Gasteiger partial charge on any atom is 0.226 e. The van der Waals surface area contributed by atoms with Gasteiger partial charge in [0.15, 0.2) is 0 Å². The van der Waals surface area contributed by atoms with E-state index in [0.29, 0.717) is 23.4 Å². The third-order valence-corrected chi connectivity index (χ3v) is 5.83. The Balaban J connectivity index is 1.58. The van der Waals surface area contributed by atoms with Crippen molar-refractivity contribution in [1.82, 2.24) is 4.90 Å². The van der Waals surface area contributed by atoms with Crippen molar-refractivity contribution in [3.63, 3.8) is 0 Å². The molecular formula is C14H22N2OS. The smallest absolute Gasteiger partial charge is 0.226 e. The fourth-order valence-corrected chi connectivity index (χ4v) is 4.58. The normalized spacial score (nSPS) is 41.3. The van der Waals surface area contributed by atoms with Crippen LogP contribution in [0.15, 0.2) is 0 Å². The summed E-state index contributed by atoms with van der Waals surface area (Å²) in [7, 11) is 1.90. The molecule has 3 aliphatic carbocycles. The van der Waals surface area contributed by atoms with E-state index in [2.05, 4.69) is 0 Å². The van der Waals surface area contributed by atoms with Gasteiger partial charge < -0.3 is 10.6 Å². The second kappa shape index (κ2) is 4.19. The van der Waals surface area contributed by atoms with Crippen LogP contribution in [0.2, 0.25) is 0 Å². The van der Waals surface area contributed by atoms with Gasteiger partial charge in [0, 0.05) is 25.4 Å². The van der Waals surface area contributed by atoms with Crippen molar-refractivity contribution in [2.75, 3.05) is 13.6 Å². The molecule has 18 heavy (non-hydrogen) atoms. The van der Waals surface area contributed by atoms with Gasteiger partial charge in [-0.3, -0.25) is 4.79 Å². The molecule has 3 nitrogen and oxygen atoms in total. The monoisotopic (exact) mass is 266 g/mol. The van der Waals surface area contributed by atoms with Crippen LogP contribution in [-0.2, 0) is 4.79 Å². The van der Waals surface area contributed by atoms with E-state index in [1.807, 2.05) is 18.9 Å². The van der Waals surface area contributed by atoms with Crippen molar-refractivity contribution in [1.29, 1.82) is 0 Å². The Labute approximate surface area is 114 Å². The summed E-state index contributed by atoms with van der Waals surface area (Å²) in [5.41, 5.74) is 5.62. The second-order valence-corrected chi connectivity index (χ2v) is 7.01. The molecule has 2 N–H and O–H groups in total. The number of rotatable bonds is 4. The maximum absolute atomic E-state index is 12.4. The first-order valence-electron chi connectivity index (χ1n) is 7.05. The van der Waals surface area contributed by atoms with Crippen molar-refractivity contribution in [2.24, 2.45) is 41.2 Å². The highest BCUT2D eigenvalue weighted by Crippen LogP contribution is 2.69. The first-order chi connectivity index (χ1) is 8.50. The molecule has 3 fully saturated rings. The molecule has 0 heterocycles. The number of amides is 1. The van der Waals surface area contributed by atoms with Crippen LogP contribution in [0, 0.1) is 35.5 Å². The lowest BCUT2D eigenvalue weighted by atomic mass is 10.0. The minimum Gasteiger partial charge on any atom is -0.393 e. The summed E-state index contributed by atoms with van der Waals surface area (Å²) in [5.74, 6) is 3.94. The molecule has 3 rings (SSSR count). The predicted molar refractivity (Wildman–Crippen MR) is 74.9 cm³/mol. The summed E-state index contributed by atoms with van der Waals surface area (Å²) in [6, 6.07) is 0. The van der Waals surface area contributed by atoms with Gasteiger partial charge in [-0.15, -0.1) is 0 Å². The minimum absolute atomic E-state index is 0.115. The largest absolute Gasteiger partial charge is 0.393 e. The average molecular weight is 266 g/mol. The van der Waals surface area contributed by atoms with E-state index in [1.54, 1.807) is 0 Å². The number of thiocarbonyl (C=S) groups is 1. The molecular weight excluding hydrogens is 244 g/mol. The van der Waals surface area contributed by atoms with Gasteiger partial charge in [0.1, 0.15) is 0 Å². The average Bonchev–Trinajstić information content (AvgIpc) is 2.75. The van der Waals surface area contributed by atoms with Gasteiger partial charge in [-0.05, 0) is 42.9 Å². The summed E-state index contributed by atoms with van der Waals surface area (Å²) < 4.78 is 0. The van der Waals surface area contributed by atoms with Gasteiger partial charge in [-0.2, -0.15) is 0 Å². The zero-order valence-electron chi connectivity index (χ0n) is 11.1. The van der Waals surface area contributed by atoms with Gasteiger partial charge in [-0.1, -0.05) is 19.1 Å². The summed E-state index contributed by atoms with van der Waals surface area (Å²) in [4.78, 5) is 14.8. The molecule has 2 bridgehead atoms. The van der Waals surface area contributed by atoms with Crippen molar-refractivity contribution in [3.8, 4) is 0 Å². The highest BCUT2D eigenvalue weighted by atomic mass is 32.1. The van der Waals surface area contributed by atoms with Crippen LogP contribution in [0.1, 0.15) is 26.2 Å². The predicted octanol–water partition coefficient (Wildman–Crippen LogP) is 1.66. The summed E-state index contributed by atoms with van der Waals surface area (Å²) in [6.45, 7) is 2.66. The third kappa shape index (κ3) is 1.77. The molecule has 5 unspecified atom stereocenters. The lowest BCUT2D eigenvalue weighted by Gasteiger charge is -2.22. The summed E-state index contributed by atoms with van der Waals surface area (Å²) >= 11 is 4.97. The molecule has 0 aromatic heterocycles. The number of carbonyl (C=O) groups is 1. The van der Waals surface area contributed by atoms with Crippen molar-refractivity contribution in [3.05, 3.63) is 0 Å². The SMILES string of the molecule is CC(CN(C)C(=O)C1C2C3CCC(C3)C12)C(N)=S. The van der Waals surface area contributed by atoms with Crippen LogP contribution in [0.4, 0.5) is 0 Å². The van der Waals surface area contributed by atoms with Crippen molar-refractivity contribution in [2.45, 2.75) is 26.2 Å². The Morgan fingerprint density at radius 2 is 1.94 bits per heavy atom. The van der Waals surface area contributed by atoms with Gasteiger partial charge in [0.25, 0.3) is 0 Å². The van der Waals surface area contributed by atoms with E-state index in [9.17, 15) is 4.79 Å². The van der Waals surface area contributed by atoms with E-state index in [0.717, 1.165) is 23.7 Å². The zero-order valence-corrected chi connectivity index (χ0v) is 12.0. The second-order valence-electron chi connectivity index (χ2n) is 6.54. The van der Waals surface area contributed by atoms with E-state index >= 15 is 0 Å². The third-order valence-electron chi connectivity index (χ3n) is 5.43. The molecule has 5 atom stereocenters. The quantitative estimate of drug-likeness (QED) is 0.787. The Morgan fingerprint density at radius 3 is 2.44 bits per heavy atom. The van der Waals surface area contributed by atoms with E-state index < -0.39 is 0 Å². The fraction of sp³-hybridized carbons (Fsp3) is 0.857. The Hall–Kier alpha value is -0.640. The van der Waals surface area contributed by atoms with Crippen LogP contribution in [0.25, 0.3) is 0 Å². The highest BCUT2D eigenvalue weighted by molar-refractivity contribution is 7.80. The van der Waals surface area contributed by atoms with E-state index in [1.165, 1.54) is 19.3 Å². The standard InChI is InChI=1S/C14H22N2OS/c1-7(13(15)18)6-16(2)14(17)12-10-8-3-4-9(5-8)11(10)12/h7-12H,3-6H2,1-2H3,(H2,15,18). The zero-order chi connectivity index (χ0) is 13.0. The van der Waals surface area contributed by atoms with Gasteiger partial charge in [0.2, 0.25) is 5.91 Å². The van der Waals surface area contributed by atoms with Crippen LogP contribution in [0.3, 0.4) is 0 Å². The molecule has 1 amide bonds. The van der Waals surface area contributed by atoms with Crippen LogP contribution in [-0.4, -0.2) is 29.4 Å². The molecule has 0 aliphatic heterocycles. The highest BCUT2D eigenvalue weighted by Gasteiger charge is 2.67. The molecule has 3 saturated carbocycles. The summed E-state index contributed by atoms with van der Waals surface area (Å²) in [5, 5.41) is 0. The van der Waals surface area contributed by atoms with Gasteiger partial charge >= 0.3 is 0 Å². The first kappa shape index (κ1) is 12.4. The Kier molecular flexibility index (Phi) is 2.88. The molecule has 0 spiro atoms. The lowest BCUT2D eigenvalue weighted by Crippen LogP contribution is -2.37. The number of carbonyl (C=O) groups excluding carboxylic acids is 1. The number of fused-ring (bicyclic) bond motifs is 5. The molecule has 0 aromatic carbocycles. The van der Waals surface area contributed by atoms with Crippen LogP contribution >= 0.6 is 12.2 Å². The number of hydrogen-bond acceptors (Lipinski definition) is 2. The number of hydrogen-bond donors (Lipinski definition) is 1. The van der Waals surface area contributed by atoms with Gasteiger partial charge in [0.05, 0.1) is 4.99 Å². The van der Waals surface area contributed by atoms with E-state index in [-0.39, 0.29) is 5.92 Å². The molecule has 0 aromatic rings. The molecule has 100 valence electrons.